The number of hydrogen-bond acceptors (Lipinski definition) is 2. The van der Waals surface area contributed by atoms with Crippen molar-refractivity contribution in [1.29, 1.82) is 0 Å². The molecule has 1 fully saturated rings. The number of benzene rings is 1. The Bertz CT molecular complexity index is 397. The maximum atomic E-state index is 12.9. The summed E-state index contributed by atoms with van der Waals surface area (Å²) in [6.45, 7) is 3.44. The molecule has 2 nitrogen and oxygen atoms in total. The van der Waals surface area contributed by atoms with Crippen molar-refractivity contribution in [3.8, 4) is 0 Å². The summed E-state index contributed by atoms with van der Waals surface area (Å²) in [6, 6.07) is 3.49. The first kappa shape index (κ1) is 12.5. The summed E-state index contributed by atoms with van der Waals surface area (Å²) in [6.07, 6.45) is 0.438. The maximum Gasteiger partial charge on any atom is 0.159 e. The Morgan fingerprint density at radius 2 is 2.12 bits per heavy atom. The first-order valence-corrected chi connectivity index (χ1v) is 5.91. The van der Waals surface area contributed by atoms with E-state index in [1.165, 1.54) is 12.5 Å². The van der Waals surface area contributed by atoms with Crippen molar-refractivity contribution in [2.45, 2.75) is 19.4 Å². The fourth-order valence-electron chi connectivity index (χ4n) is 1.93. The van der Waals surface area contributed by atoms with Crippen LogP contribution < -0.4 is 5.32 Å². The molecule has 1 saturated carbocycles. The lowest BCUT2D eigenvalue weighted by molar-refractivity contribution is 0.173. The summed E-state index contributed by atoms with van der Waals surface area (Å²) in [5.74, 6) is -0.340. The van der Waals surface area contributed by atoms with E-state index in [0.29, 0.717) is 18.0 Å². The Hall–Kier alpha value is -1.00. The van der Waals surface area contributed by atoms with Gasteiger partial charge in [0.2, 0.25) is 0 Å². The van der Waals surface area contributed by atoms with Crippen LogP contribution in [-0.2, 0) is 0 Å². The Balaban J connectivity index is 1.81. The Kier molecular flexibility index (Phi) is 3.74. The second kappa shape index (κ2) is 5.10. The number of nitrogens with one attached hydrogen (secondary N) is 1. The Morgan fingerprint density at radius 3 is 2.71 bits per heavy atom. The summed E-state index contributed by atoms with van der Waals surface area (Å²) in [5, 5.41) is 12.9. The summed E-state index contributed by atoms with van der Waals surface area (Å²) < 4.78 is 25.6. The molecule has 17 heavy (non-hydrogen) atoms. The zero-order valence-corrected chi connectivity index (χ0v) is 9.79. The summed E-state index contributed by atoms with van der Waals surface area (Å²) >= 11 is 0. The number of hydrogen-bond donors (Lipinski definition) is 2. The van der Waals surface area contributed by atoms with E-state index in [-0.39, 0.29) is 0 Å². The molecule has 0 bridgehead atoms. The SMILES string of the molecule is CC1CC1CNCC(O)c1ccc(F)c(F)c1. The van der Waals surface area contributed by atoms with Crippen LogP contribution in [0, 0.1) is 23.5 Å². The van der Waals surface area contributed by atoms with Gasteiger partial charge in [-0.1, -0.05) is 13.0 Å². The quantitative estimate of drug-likeness (QED) is 0.828. The largest absolute Gasteiger partial charge is 0.387 e. The molecule has 94 valence electrons. The van der Waals surface area contributed by atoms with Gasteiger partial charge in [0.05, 0.1) is 6.10 Å². The molecule has 0 aliphatic heterocycles. The van der Waals surface area contributed by atoms with Gasteiger partial charge in [-0.25, -0.2) is 8.78 Å². The van der Waals surface area contributed by atoms with E-state index in [1.807, 2.05) is 0 Å². The van der Waals surface area contributed by atoms with Crippen LogP contribution in [0.15, 0.2) is 18.2 Å². The molecular formula is C13H17F2NO. The van der Waals surface area contributed by atoms with Crippen molar-refractivity contribution >= 4 is 0 Å². The highest BCUT2D eigenvalue weighted by atomic mass is 19.2. The van der Waals surface area contributed by atoms with E-state index in [4.69, 9.17) is 0 Å². The van der Waals surface area contributed by atoms with Crippen molar-refractivity contribution in [3.63, 3.8) is 0 Å². The fourth-order valence-corrected chi connectivity index (χ4v) is 1.93. The van der Waals surface area contributed by atoms with Crippen molar-refractivity contribution in [2.75, 3.05) is 13.1 Å². The van der Waals surface area contributed by atoms with E-state index in [2.05, 4.69) is 12.2 Å². The number of aliphatic hydroxyl groups is 1. The van der Waals surface area contributed by atoms with Gasteiger partial charge in [0.15, 0.2) is 11.6 Å². The van der Waals surface area contributed by atoms with Crippen molar-refractivity contribution in [1.82, 2.24) is 5.32 Å². The molecular weight excluding hydrogens is 224 g/mol. The van der Waals surface area contributed by atoms with E-state index < -0.39 is 17.7 Å². The highest BCUT2D eigenvalue weighted by molar-refractivity contribution is 5.20. The molecule has 3 atom stereocenters. The summed E-state index contributed by atoms with van der Waals surface area (Å²) in [4.78, 5) is 0. The van der Waals surface area contributed by atoms with E-state index >= 15 is 0 Å². The van der Waals surface area contributed by atoms with Gasteiger partial charge in [-0.05, 0) is 42.5 Å². The van der Waals surface area contributed by atoms with Crippen LogP contribution in [0.25, 0.3) is 0 Å². The van der Waals surface area contributed by atoms with Crippen LogP contribution in [0.5, 0.6) is 0 Å². The molecule has 0 radical (unpaired) electrons. The topological polar surface area (TPSA) is 32.3 Å². The van der Waals surface area contributed by atoms with E-state index in [9.17, 15) is 13.9 Å². The minimum Gasteiger partial charge on any atom is -0.387 e. The molecule has 0 heterocycles. The predicted octanol–water partition coefficient (Wildman–Crippen LogP) is 2.24. The smallest absolute Gasteiger partial charge is 0.159 e. The van der Waals surface area contributed by atoms with Crippen LogP contribution >= 0.6 is 0 Å². The number of halogens is 2. The molecule has 1 aliphatic carbocycles. The standard InChI is InChI=1S/C13H17F2NO/c1-8-4-10(8)6-16-7-13(17)9-2-3-11(14)12(15)5-9/h2-3,5,8,10,13,16-17H,4,6-7H2,1H3. The summed E-state index contributed by atoms with van der Waals surface area (Å²) in [7, 11) is 0. The second-order valence-corrected chi connectivity index (χ2v) is 4.82. The average molecular weight is 241 g/mol. The molecule has 0 spiro atoms. The molecule has 0 amide bonds. The van der Waals surface area contributed by atoms with Gasteiger partial charge in [0, 0.05) is 6.54 Å². The van der Waals surface area contributed by atoms with Crippen LogP contribution in [0.1, 0.15) is 25.0 Å². The van der Waals surface area contributed by atoms with Crippen LogP contribution in [0.2, 0.25) is 0 Å². The van der Waals surface area contributed by atoms with E-state index in [0.717, 1.165) is 24.6 Å². The van der Waals surface area contributed by atoms with Gasteiger partial charge in [0.1, 0.15) is 0 Å². The second-order valence-electron chi connectivity index (χ2n) is 4.82. The zero-order chi connectivity index (χ0) is 12.4. The van der Waals surface area contributed by atoms with Gasteiger partial charge < -0.3 is 10.4 Å². The lowest BCUT2D eigenvalue weighted by Gasteiger charge is -2.12. The van der Waals surface area contributed by atoms with Crippen LogP contribution in [0.3, 0.4) is 0 Å². The number of rotatable bonds is 5. The van der Waals surface area contributed by atoms with Crippen molar-refractivity contribution in [3.05, 3.63) is 35.4 Å². The molecule has 0 aromatic heterocycles. The molecule has 2 rings (SSSR count). The van der Waals surface area contributed by atoms with E-state index in [1.54, 1.807) is 0 Å². The molecule has 0 saturated heterocycles. The Labute approximate surface area is 99.7 Å². The minimum atomic E-state index is -0.919. The lowest BCUT2D eigenvalue weighted by Crippen LogP contribution is -2.24. The van der Waals surface area contributed by atoms with Crippen molar-refractivity contribution in [2.24, 2.45) is 11.8 Å². The van der Waals surface area contributed by atoms with Crippen LogP contribution in [-0.4, -0.2) is 18.2 Å². The first-order valence-electron chi connectivity index (χ1n) is 5.91. The third-order valence-electron chi connectivity index (χ3n) is 3.35. The average Bonchev–Trinajstić information content (AvgIpc) is 2.98. The first-order chi connectivity index (χ1) is 8.08. The van der Waals surface area contributed by atoms with Crippen LogP contribution in [0.4, 0.5) is 8.78 Å². The third-order valence-corrected chi connectivity index (χ3v) is 3.35. The highest BCUT2D eigenvalue weighted by Gasteiger charge is 2.31. The molecule has 1 aliphatic rings. The maximum absolute atomic E-state index is 12.9. The molecule has 4 heteroatoms. The van der Waals surface area contributed by atoms with Gasteiger partial charge in [0.25, 0.3) is 0 Å². The molecule has 1 aromatic rings. The third kappa shape index (κ3) is 3.23. The zero-order valence-electron chi connectivity index (χ0n) is 9.79. The van der Waals surface area contributed by atoms with Gasteiger partial charge in [-0.3, -0.25) is 0 Å². The minimum absolute atomic E-state index is 0.369. The molecule has 1 aromatic carbocycles. The monoisotopic (exact) mass is 241 g/mol. The Morgan fingerprint density at radius 1 is 1.41 bits per heavy atom. The summed E-state index contributed by atoms with van der Waals surface area (Å²) in [5.41, 5.74) is 0.403. The fraction of sp³-hybridized carbons (Fsp3) is 0.538. The predicted molar refractivity (Wildman–Crippen MR) is 61.5 cm³/mol. The van der Waals surface area contributed by atoms with Gasteiger partial charge in [-0.2, -0.15) is 0 Å². The molecule has 2 N–H and O–H groups in total. The van der Waals surface area contributed by atoms with Gasteiger partial charge >= 0.3 is 0 Å². The van der Waals surface area contributed by atoms with Crippen molar-refractivity contribution < 1.29 is 13.9 Å². The van der Waals surface area contributed by atoms with Gasteiger partial charge in [-0.15, -0.1) is 0 Å². The number of aliphatic hydroxyl groups excluding tert-OH is 1. The lowest BCUT2D eigenvalue weighted by atomic mass is 10.1. The normalized spacial score (nSPS) is 24.7. The highest BCUT2D eigenvalue weighted by Crippen LogP contribution is 2.36. The molecule has 3 unspecified atom stereocenters.